The molecule has 0 saturated heterocycles. The van der Waals surface area contributed by atoms with Crippen molar-refractivity contribution in [3.8, 4) is 0 Å². The maximum atomic E-state index is 12.4. The van der Waals surface area contributed by atoms with Crippen LogP contribution in [0.15, 0.2) is 36.4 Å². The molecule has 0 aliphatic carbocycles. The monoisotopic (exact) mass is 401 g/mol. The van der Waals surface area contributed by atoms with Gasteiger partial charge in [0.15, 0.2) is 0 Å². The molecule has 0 fully saturated rings. The second-order valence-electron chi connectivity index (χ2n) is 5.36. The van der Waals surface area contributed by atoms with Crippen LogP contribution in [0, 0.1) is 6.92 Å². The van der Waals surface area contributed by atoms with Gasteiger partial charge in [0.2, 0.25) is 10.0 Å². The molecule has 0 radical (unpaired) electrons. The first-order valence-corrected chi connectivity index (χ1v) is 9.85. The third-order valence-electron chi connectivity index (χ3n) is 3.34. The number of ether oxygens (including phenoxy) is 1. The summed E-state index contributed by atoms with van der Waals surface area (Å²) in [6.45, 7) is 3.70. The summed E-state index contributed by atoms with van der Waals surface area (Å²) in [6.07, 6.45) is 0. The lowest BCUT2D eigenvalue weighted by Crippen LogP contribution is -2.16. The van der Waals surface area contributed by atoms with Gasteiger partial charge in [0.25, 0.3) is 0 Å². The summed E-state index contributed by atoms with van der Waals surface area (Å²) in [7, 11) is -3.65. The second-order valence-corrected chi connectivity index (χ2v) is 7.90. The zero-order valence-corrected chi connectivity index (χ0v) is 16.0. The summed E-state index contributed by atoms with van der Waals surface area (Å²) in [5.41, 5.74) is 1.89. The van der Waals surface area contributed by atoms with Crippen molar-refractivity contribution in [2.75, 3.05) is 11.3 Å². The normalized spacial score (nSPS) is 11.2. The van der Waals surface area contributed by atoms with Gasteiger partial charge in [0.1, 0.15) is 0 Å². The predicted octanol–water partition coefficient (Wildman–Crippen LogP) is 4.42. The van der Waals surface area contributed by atoms with E-state index in [-0.39, 0.29) is 12.4 Å². The highest BCUT2D eigenvalue weighted by molar-refractivity contribution is 7.91. The molecule has 2 aromatic carbocycles. The van der Waals surface area contributed by atoms with Gasteiger partial charge in [-0.25, -0.2) is 13.2 Å². The van der Waals surface area contributed by atoms with Crippen molar-refractivity contribution in [2.24, 2.45) is 0 Å². The number of carbonyl (C=O) groups excluding carboxylic acids is 1. The van der Waals surface area contributed by atoms with Crippen molar-refractivity contribution in [2.45, 2.75) is 19.6 Å². The van der Waals surface area contributed by atoms with Crippen molar-refractivity contribution in [1.29, 1.82) is 0 Å². The standard InChI is InChI=1S/C17H17Cl2NO4S/c1-3-24-17(21)13-5-7-16(11(2)8-13)20-25(22,23)10-12-4-6-14(18)15(19)9-12/h4-9,20H,3,10H2,1-2H3. The Morgan fingerprint density at radius 1 is 1.12 bits per heavy atom. The van der Waals surface area contributed by atoms with Crippen molar-refractivity contribution in [3.05, 3.63) is 63.1 Å². The summed E-state index contributed by atoms with van der Waals surface area (Å²) < 4.78 is 32.2. The first kappa shape index (κ1) is 19.6. The van der Waals surface area contributed by atoms with Crippen LogP contribution in [-0.4, -0.2) is 21.0 Å². The van der Waals surface area contributed by atoms with E-state index in [9.17, 15) is 13.2 Å². The van der Waals surface area contributed by atoms with Crippen molar-refractivity contribution >= 4 is 44.9 Å². The van der Waals surface area contributed by atoms with Crippen LogP contribution in [0.3, 0.4) is 0 Å². The molecule has 8 heteroatoms. The maximum Gasteiger partial charge on any atom is 0.338 e. The SMILES string of the molecule is CCOC(=O)c1ccc(NS(=O)(=O)Cc2ccc(Cl)c(Cl)c2)c(C)c1. The molecule has 0 amide bonds. The fraction of sp³-hybridized carbons (Fsp3) is 0.235. The van der Waals surface area contributed by atoms with Crippen LogP contribution in [0.5, 0.6) is 0 Å². The summed E-state index contributed by atoms with van der Waals surface area (Å²) in [6, 6.07) is 9.29. The van der Waals surface area contributed by atoms with E-state index >= 15 is 0 Å². The van der Waals surface area contributed by atoms with E-state index in [1.54, 1.807) is 32.0 Å². The molecule has 0 saturated carbocycles. The Morgan fingerprint density at radius 3 is 2.44 bits per heavy atom. The molecule has 25 heavy (non-hydrogen) atoms. The lowest BCUT2D eigenvalue weighted by Gasteiger charge is -2.12. The number of halogens is 2. The molecule has 1 N–H and O–H groups in total. The molecular weight excluding hydrogens is 385 g/mol. The molecule has 0 aromatic heterocycles. The van der Waals surface area contributed by atoms with Gasteiger partial charge in [-0.1, -0.05) is 29.3 Å². The van der Waals surface area contributed by atoms with E-state index in [0.717, 1.165) is 0 Å². The van der Waals surface area contributed by atoms with Crippen molar-refractivity contribution < 1.29 is 17.9 Å². The molecule has 0 aliphatic rings. The zero-order chi connectivity index (χ0) is 18.6. The van der Waals surface area contributed by atoms with Crippen molar-refractivity contribution in [3.63, 3.8) is 0 Å². The summed E-state index contributed by atoms with van der Waals surface area (Å²) in [5, 5.41) is 0.658. The van der Waals surface area contributed by atoms with E-state index in [4.69, 9.17) is 27.9 Å². The van der Waals surface area contributed by atoms with Gasteiger partial charge in [-0.15, -0.1) is 0 Å². The first-order valence-electron chi connectivity index (χ1n) is 7.44. The molecular formula is C17H17Cl2NO4S. The minimum absolute atomic E-state index is 0.247. The lowest BCUT2D eigenvalue weighted by molar-refractivity contribution is 0.0526. The van der Waals surface area contributed by atoms with Crippen LogP contribution < -0.4 is 4.72 Å². The molecule has 0 spiro atoms. The number of anilines is 1. The van der Waals surface area contributed by atoms with Gasteiger partial charge in [-0.05, 0) is 55.3 Å². The molecule has 2 aromatic rings. The van der Waals surface area contributed by atoms with Crippen LogP contribution >= 0.6 is 23.2 Å². The summed E-state index contributed by atoms with van der Waals surface area (Å²) in [4.78, 5) is 11.7. The molecule has 0 aliphatic heterocycles. The number of carbonyl (C=O) groups is 1. The highest BCUT2D eigenvalue weighted by Gasteiger charge is 2.15. The van der Waals surface area contributed by atoms with Crippen LogP contribution in [0.2, 0.25) is 10.0 Å². The number of rotatable bonds is 6. The highest BCUT2D eigenvalue weighted by atomic mass is 35.5. The second kappa shape index (κ2) is 8.08. The van der Waals surface area contributed by atoms with E-state index in [2.05, 4.69) is 4.72 Å². The Balaban J connectivity index is 2.17. The van der Waals surface area contributed by atoms with Gasteiger partial charge in [0, 0.05) is 0 Å². The molecule has 0 heterocycles. The maximum absolute atomic E-state index is 12.4. The van der Waals surface area contributed by atoms with Crippen LogP contribution in [0.4, 0.5) is 5.69 Å². The quantitative estimate of drug-likeness (QED) is 0.726. The lowest BCUT2D eigenvalue weighted by atomic mass is 10.1. The van der Waals surface area contributed by atoms with E-state index in [1.165, 1.54) is 18.2 Å². The minimum atomic E-state index is -3.65. The summed E-state index contributed by atoms with van der Waals surface area (Å²) in [5.74, 6) is -0.695. The number of nitrogens with one attached hydrogen (secondary N) is 1. The van der Waals surface area contributed by atoms with Crippen molar-refractivity contribution in [1.82, 2.24) is 0 Å². The van der Waals surface area contributed by atoms with E-state index in [0.29, 0.717) is 32.4 Å². The fourth-order valence-corrected chi connectivity index (χ4v) is 3.75. The molecule has 5 nitrogen and oxygen atoms in total. The molecule has 0 bridgehead atoms. The molecule has 2 rings (SSSR count). The largest absolute Gasteiger partial charge is 0.462 e. The number of hydrogen-bond acceptors (Lipinski definition) is 4. The number of hydrogen-bond donors (Lipinski definition) is 1. The highest BCUT2D eigenvalue weighted by Crippen LogP contribution is 2.24. The summed E-state index contributed by atoms with van der Waals surface area (Å²) >= 11 is 11.7. The van der Waals surface area contributed by atoms with Gasteiger partial charge in [-0.3, -0.25) is 4.72 Å². The molecule has 0 atom stereocenters. The smallest absolute Gasteiger partial charge is 0.338 e. The number of benzene rings is 2. The number of aryl methyl sites for hydroxylation is 1. The zero-order valence-electron chi connectivity index (χ0n) is 13.7. The topological polar surface area (TPSA) is 72.5 Å². The average Bonchev–Trinajstić information content (AvgIpc) is 2.52. The Bertz CT molecular complexity index is 898. The van der Waals surface area contributed by atoms with Gasteiger partial charge < -0.3 is 4.74 Å². The molecule has 134 valence electrons. The van der Waals surface area contributed by atoms with Crippen LogP contribution in [0.25, 0.3) is 0 Å². The molecule has 0 unspecified atom stereocenters. The van der Waals surface area contributed by atoms with Gasteiger partial charge >= 0.3 is 5.97 Å². The Hall–Kier alpha value is -1.76. The third-order valence-corrected chi connectivity index (χ3v) is 5.33. The first-order chi connectivity index (χ1) is 11.7. The Labute approximate surface area is 157 Å². The van der Waals surface area contributed by atoms with Gasteiger partial charge in [0.05, 0.1) is 33.7 Å². The van der Waals surface area contributed by atoms with Crippen LogP contribution in [0.1, 0.15) is 28.4 Å². The predicted molar refractivity (Wildman–Crippen MR) is 99.8 cm³/mol. The Morgan fingerprint density at radius 2 is 1.84 bits per heavy atom. The average molecular weight is 402 g/mol. The number of esters is 1. The Kier molecular flexibility index (Phi) is 6.32. The van der Waals surface area contributed by atoms with E-state index in [1.807, 2.05) is 0 Å². The van der Waals surface area contributed by atoms with Gasteiger partial charge in [-0.2, -0.15) is 0 Å². The number of sulfonamides is 1. The minimum Gasteiger partial charge on any atom is -0.462 e. The fourth-order valence-electron chi connectivity index (χ4n) is 2.17. The van der Waals surface area contributed by atoms with E-state index < -0.39 is 16.0 Å². The van der Waals surface area contributed by atoms with Crippen LogP contribution in [-0.2, 0) is 20.5 Å². The third kappa shape index (κ3) is 5.36.